The first-order valence-electron chi connectivity index (χ1n) is 5.25. The predicted molar refractivity (Wildman–Crippen MR) is 58.1 cm³/mol. The van der Waals surface area contributed by atoms with Gasteiger partial charge in [-0.3, -0.25) is 4.79 Å². The average molecular weight is 210 g/mol. The molecule has 1 rings (SSSR count). The highest BCUT2D eigenvalue weighted by molar-refractivity contribution is 5.81. The van der Waals surface area contributed by atoms with Crippen LogP contribution in [0.3, 0.4) is 0 Å². The maximum atomic E-state index is 11.8. The van der Waals surface area contributed by atoms with Crippen molar-refractivity contribution < 1.29 is 9.21 Å². The van der Waals surface area contributed by atoms with Crippen LogP contribution in [0.5, 0.6) is 0 Å². The van der Waals surface area contributed by atoms with E-state index in [1.807, 2.05) is 26.0 Å². The molecule has 0 spiro atoms. The Kier molecular flexibility index (Phi) is 4.37. The second-order valence-corrected chi connectivity index (χ2v) is 3.45. The van der Waals surface area contributed by atoms with E-state index >= 15 is 0 Å². The van der Waals surface area contributed by atoms with E-state index in [1.54, 1.807) is 11.2 Å². The molecule has 1 heterocycles. The van der Waals surface area contributed by atoms with Gasteiger partial charge in [0.25, 0.3) is 0 Å². The van der Waals surface area contributed by atoms with Crippen LogP contribution in [0.1, 0.15) is 26.0 Å². The number of amides is 1. The fourth-order valence-electron chi connectivity index (χ4n) is 1.35. The molecule has 84 valence electrons. The molecular weight excluding hydrogens is 192 g/mol. The van der Waals surface area contributed by atoms with E-state index in [2.05, 4.69) is 0 Å². The second-order valence-electron chi connectivity index (χ2n) is 3.45. The molecule has 0 aromatic carbocycles. The lowest BCUT2D eigenvalue weighted by Crippen LogP contribution is -2.42. The summed E-state index contributed by atoms with van der Waals surface area (Å²) in [7, 11) is 0. The molecule has 4 nitrogen and oxygen atoms in total. The summed E-state index contributed by atoms with van der Waals surface area (Å²) >= 11 is 0. The summed E-state index contributed by atoms with van der Waals surface area (Å²) in [5, 5.41) is 0. The van der Waals surface area contributed by atoms with Crippen molar-refractivity contribution in [1.29, 1.82) is 0 Å². The fraction of sp³-hybridized carbons (Fsp3) is 0.545. The molecule has 2 N–H and O–H groups in total. The summed E-state index contributed by atoms with van der Waals surface area (Å²) in [6.07, 6.45) is 2.26. The lowest BCUT2D eigenvalue weighted by Gasteiger charge is -2.22. The summed E-state index contributed by atoms with van der Waals surface area (Å²) in [6, 6.07) is 3.26. The molecule has 0 bridgehead atoms. The van der Waals surface area contributed by atoms with E-state index in [9.17, 15) is 4.79 Å². The molecule has 0 fully saturated rings. The molecule has 15 heavy (non-hydrogen) atoms. The molecule has 4 heteroatoms. The van der Waals surface area contributed by atoms with E-state index in [0.29, 0.717) is 19.5 Å². The van der Waals surface area contributed by atoms with Gasteiger partial charge in [-0.25, -0.2) is 0 Å². The number of carbonyl (C=O) groups is 1. The van der Waals surface area contributed by atoms with Crippen LogP contribution in [-0.4, -0.2) is 23.4 Å². The third-order valence-corrected chi connectivity index (χ3v) is 2.38. The monoisotopic (exact) mass is 210 g/mol. The number of nitrogens with zero attached hydrogens (tertiary/aromatic N) is 1. The van der Waals surface area contributed by atoms with E-state index in [4.69, 9.17) is 10.2 Å². The van der Waals surface area contributed by atoms with E-state index in [-0.39, 0.29) is 5.91 Å². The van der Waals surface area contributed by atoms with Crippen molar-refractivity contribution in [2.75, 3.05) is 6.54 Å². The highest BCUT2D eigenvalue weighted by Crippen LogP contribution is 2.07. The van der Waals surface area contributed by atoms with Gasteiger partial charge >= 0.3 is 0 Å². The Balaban J connectivity index is 2.60. The number of rotatable bonds is 5. The molecule has 1 amide bonds. The van der Waals surface area contributed by atoms with Gasteiger partial charge in [-0.2, -0.15) is 0 Å². The Morgan fingerprint density at radius 1 is 1.60 bits per heavy atom. The minimum absolute atomic E-state index is 0.0172. The van der Waals surface area contributed by atoms with Gasteiger partial charge in [-0.15, -0.1) is 0 Å². The van der Waals surface area contributed by atoms with Crippen LogP contribution < -0.4 is 5.73 Å². The molecular formula is C11H18N2O2. The Labute approximate surface area is 90.0 Å². The van der Waals surface area contributed by atoms with Crippen molar-refractivity contribution in [3.05, 3.63) is 24.2 Å². The van der Waals surface area contributed by atoms with Crippen molar-refractivity contribution in [2.45, 2.75) is 32.9 Å². The zero-order valence-electron chi connectivity index (χ0n) is 9.27. The zero-order chi connectivity index (χ0) is 11.3. The first-order chi connectivity index (χ1) is 7.19. The predicted octanol–water partition coefficient (Wildman–Crippen LogP) is 1.37. The van der Waals surface area contributed by atoms with Gasteiger partial charge < -0.3 is 15.1 Å². The number of hydrogen-bond acceptors (Lipinski definition) is 3. The van der Waals surface area contributed by atoms with Gasteiger partial charge in [-0.1, -0.05) is 6.92 Å². The van der Waals surface area contributed by atoms with Gasteiger partial charge in [0.05, 0.1) is 18.8 Å². The molecule has 0 radical (unpaired) electrons. The normalized spacial score (nSPS) is 12.5. The Morgan fingerprint density at radius 2 is 2.33 bits per heavy atom. The molecule has 1 unspecified atom stereocenters. The van der Waals surface area contributed by atoms with Gasteiger partial charge in [0.15, 0.2) is 0 Å². The Bertz CT molecular complexity index is 296. The average Bonchev–Trinajstić information content (AvgIpc) is 2.76. The van der Waals surface area contributed by atoms with Crippen LogP contribution in [-0.2, 0) is 11.3 Å². The van der Waals surface area contributed by atoms with Crippen molar-refractivity contribution in [3.63, 3.8) is 0 Å². The first kappa shape index (κ1) is 11.8. The third-order valence-electron chi connectivity index (χ3n) is 2.38. The van der Waals surface area contributed by atoms with Crippen LogP contribution >= 0.6 is 0 Å². The molecule has 0 aliphatic heterocycles. The van der Waals surface area contributed by atoms with Crippen molar-refractivity contribution in [2.24, 2.45) is 5.73 Å². The molecule has 1 aromatic rings. The molecule has 0 aliphatic carbocycles. The number of nitrogens with two attached hydrogens (primary N) is 1. The smallest absolute Gasteiger partial charge is 0.239 e. The van der Waals surface area contributed by atoms with Crippen LogP contribution in [0.4, 0.5) is 0 Å². The van der Waals surface area contributed by atoms with Crippen molar-refractivity contribution >= 4 is 5.91 Å². The summed E-state index contributed by atoms with van der Waals surface area (Å²) in [4.78, 5) is 13.5. The van der Waals surface area contributed by atoms with Crippen LogP contribution in [0.25, 0.3) is 0 Å². The number of furan rings is 1. The first-order valence-corrected chi connectivity index (χ1v) is 5.25. The number of carbonyl (C=O) groups excluding carboxylic acids is 1. The Morgan fingerprint density at radius 3 is 2.80 bits per heavy atom. The highest BCUT2D eigenvalue weighted by atomic mass is 16.3. The summed E-state index contributed by atoms with van der Waals surface area (Å²) in [5.41, 5.74) is 5.70. The summed E-state index contributed by atoms with van der Waals surface area (Å²) < 4.78 is 5.19. The summed E-state index contributed by atoms with van der Waals surface area (Å²) in [6.45, 7) is 4.98. The van der Waals surface area contributed by atoms with E-state index in [0.717, 1.165) is 5.76 Å². The molecule has 0 saturated heterocycles. The molecule has 0 aliphatic rings. The van der Waals surface area contributed by atoms with E-state index < -0.39 is 6.04 Å². The SMILES string of the molecule is CCC(N)C(=O)N(CC)Cc1ccco1. The van der Waals surface area contributed by atoms with Crippen LogP contribution in [0.15, 0.2) is 22.8 Å². The second kappa shape index (κ2) is 5.56. The van der Waals surface area contributed by atoms with Gasteiger partial charge in [0.1, 0.15) is 5.76 Å². The van der Waals surface area contributed by atoms with Gasteiger partial charge in [-0.05, 0) is 25.5 Å². The maximum Gasteiger partial charge on any atom is 0.239 e. The minimum atomic E-state index is -0.403. The zero-order valence-corrected chi connectivity index (χ0v) is 9.27. The maximum absolute atomic E-state index is 11.8. The van der Waals surface area contributed by atoms with Crippen molar-refractivity contribution in [3.8, 4) is 0 Å². The van der Waals surface area contributed by atoms with Gasteiger partial charge in [0.2, 0.25) is 5.91 Å². The van der Waals surface area contributed by atoms with Gasteiger partial charge in [0, 0.05) is 6.54 Å². The van der Waals surface area contributed by atoms with Crippen molar-refractivity contribution in [1.82, 2.24) is 4.90 Å². The standard InChI is InChI=1S/C11H18N2O2/c1-3-10(12)11(14)13(4-2)8-9-6-5-7-15-9/h5-7,10H,3-4,8,12H2,1-2H3. The Hall–Kier alpha value is -1.29. The number of likely N-dealkylation sites (N-methyl/N-ethyl adjacent to an activating group) is 1. The lowest BCUT2D eigenvalue weighted by atomic mass is 10.2. The third kappa shape index (κ3) is 3.09. The van der Waals surface area contributed by atoms with Crippen LogP contribution in [0.2, 0.25) is 0 Å². The molecule has 0 saturated carbocycles. The van der Waals surface area contributed by atoms with E-state index in [1.165, 1.54) is 0 Å². The summed E-state index contributed by atoms with van der Waals surface area (Å²) in [5.74, 6) is 0.768. The largest absolute Gasteiger partial charge is 0.467 e. The number of hydrogen-bond donors (Lipinski definition) is 1. The molecule has 1 atom stereocenters. The lowest BCUT2D eigenvalue weighted by molar-refractivity contribution is -0.133. The van der Waals surface area contributed by atoms with Crippen LogP contribution in [0, 0.1) is 0 Å². The minimum Gasteiger partial charge on any atom is -0.467 e. The fourth-order valence-corrected chi connectivity index (χ4v) is 1.35. The highest BCUT2D eigenvalue weighted by Gasteiger charge is 2.18. The molecule has 1 aromatic heterocycles. The topological polar surface area (TPSA) is 59.5 Å². The quantitative estimate of drug-likeness (QED) is 0.798.